The fourth-order valence-electron chi connectivity index (χ4n) is 1.79. The van der Waals surface area contributed by atoms with Crippen LogP contribution in [-0.4, -0.2) is 37.5 Å². The van der Waals surface area contributed by atoms with Gasteiger partial charge in [0, 0.05) is 13.1 Å². The highest BCUT2D eigenvalue weighted by Crippen LogP contribution is 2.28. The Labute approximate surface area is 67.7 Å². The van der Waals surface area contributed by atoms with Gasteiger partial charge in [-0.2, -0.15) is 0 Å². The SMILES string of the molecule is CNC1OC1N1CCC(C)C1. The molecule has 3 atom stereocenters. The fraction of sp³-hybridized carbons (Fsp3) is 1.00. The van der Waals surface area contributed by atoms with Crippen LogP contribution in [0.2, 0.25) is 0 Å². The van der Waals surface area contributed by atoms with Crippen molar-refractivity contribution >= 4 is 0 Å². The van der Waals surface area contributed by atoms with E-state index in [-0.39, 0.29) is 0 Å². The van der Waals surface area contributed by atoms with Crippen LogP contribution in [0.15, 0.2) is 0 Å². The van der Waals surface area contributed by atoms with Gasteiger partial charge in [0.15, 0.2) is 12.5 Å². The molecule has 0 aromatic carbocycles. The maximum atomic E-state index is 5.41. The lowest BCUT2D eigenvalue weighted by Gasteiger charge is -2.10. The Morgan fingerprint density at radius 3 is 2.82 bits per heavy atom. The topological polar surface area (TPSA) is 27.8 Å². The lowest BCUT2D eigenvalue weighted by molar-refractivity contribution is 0.204. The van der Waals surface area contributed by atoms with Crippen molar-refractivity contribution in [1.29, 1.82) is 0 Å². The Kier molecular flexibility index (Phi) is 1.87. The van der Waals surface area contributed by atoms with Crippen LogP contribution in [0.25, 0.3) is 0 Å². The molecule has 2 saturated heterocycles. The Hall–Kier alpha value is -0.120. The summed E-state index contributed by atoms with van der Waals surface area (Å²) in [6, 6.07) is 0. The number of nitrogens with zero attached hydrogens (tertiary/aromatic N) is 1. The van der Waals surface area contributed by atoms with Crippen molar-refractivity contribution in [3.05, 3.63) is 0 Å². The number of nitrogens with one attached hydrogen (secondary N) is 1. The second-order valence-electron chi connectivity index (χ2n) is 3.62. The fourth-order valence-corrected chi connectivity index (χ4v) is 1.79. The average molecular weight is 156 g/mol. The third-order valence-corrected chi connectivity index (χ3v) is 2.57. The normalized spacial score (nSPS) is 44.7. The van der Waals surface area contributed by atoms with Crippen molar-refractivity contribution < 1.29 is 4.74 Å². The zero-order valence-corrected chi connectivity index (χ0v) is 7.21. The smallest absolute Gasteiger partial charge is 0.152 e. The molecule has 3 unspecified atom stereocenters. The first-order valence-corrected chi connectivity index (χ1v) is 4.38. The molecule has 0 bridgehead atoms. The molecule has 3 nitrogen and oxygen atoms in total. The molecule has 0 saturated carbocycles. The Morgan fingerprint density at radius 1 is 1.55 bits per heavy atom. The summed E-state index contributed by atoms with van der Waals surface area (Å²) in [5.41, 5.74) is 0. The quantitative estimate of drug-likeness (QED) is 0.580. The molecule has 0 spiro atoms. The molecule has 2 aliphatic heterocycles. The van der Waals surface area contributed by atoms with Gasteiger partial charge in [0.1, 0.15) is 0 Å². The maximum absolute atomic E-state index is 5.41. The molecule has 0 aromatic rings. The van der Waals surface area contributed by atoms with E-state index in [0.29, 0.717) is 12.5 Å². The van der Waals surface area contributed by atoms with Gasteiger partial charge in [0.25, 0.3) is 0 Å². The largest absolute Gasteiger partial charge is 0.337 e. The lowest BCUT2D eigenvalue weighted by Crippen LogP contribution is -2.28. The van der Waals surface area contributed by atoms with E-state index in [9.17, 15) is 0 Å². The van der Waals surface area contributed by atoms with Gasteiger partial charge in [-0.15, -0.1) is 0 Å². The summed E-state index contributed by atoms with van der Waals surface area (Å²) < 4.78 is 5.41. The van der Waals surface area contributed by atoms with E-state index in [4.69, 9.17) is 4.74 Å². The Balaban J connectivity index is 1.80. The van der Waals surface area contributed by atoms with Gasteiger partial charge in [-0.3, -0.25) is 10.2 Å². The van der Waals surface area contributed by atoms with Crippen LogP contribution in [0.3, 0.4) is 0 Å². The summed E-state index contributed by atoms with van der Waals surface area (Å²) >= 11 is 0. The molecule has 2 heterocycles. The van der Waals surface area contributed by atoms with Crippen LogP contribution in [0.5, 0.6) is 0 Å². The Morgan fingerprint density at radius 2 is 2.36 bits per heavy atom. The first-order valence-electron chi connectivity index (χ1n) is 4.38. The van der Waals surface area contributed by atoms with E-state index in [1.165, 1.54) is 19.5 Å². The predicted octanol–water partition coefficient (Wildman–Crippen LogP) is 0.230. The number of epoxide rings is 1. The lowest BCUT2D eigenvalue weighted by atomic mass is 10.2. The molecule has 2 fully saturated rings. The number of hydrogen-bond acceptors (Lipinski definition) is 3. The van der Waals surface area contributed by atoms with Gasteiger partial charge >= 0.3 is 0 Å². The van der Waals surface area contributed by atoms with Gasteiger partial charge in [-0.05, 0) is 19.4 Å². The van der Waals surface area contributed by atoms with E-state index >= 15 is 0 Å². The number of rotatable bonds is 2. The number of hydrogen-bond donors (Lipinski definition) is 1. The highest BCUT2D eigenvalue weighted by atomic mass is 16.6. The summed E-state index contributed by atoms with van der Waals surface area (Å²) in [5, 5.41) is 3.12. The minimum absolute atomic E-state index is 0.306. The van der Waals surface area contributed by atoms with Gasteiger partial charge in [0.2, 0.25) is 0 Å². The number of likely N-dealkylation sites (N-methyl/N-ethyl adjacent to an activating group) is 1. The molecule has 0 aromatic heterocycles. The van der Waals surface area contributed by atoms with E-state index in [0.717, 1.165) is 5.92 Å². The molecule has 0 amide bonds. The third-order valence-electron chi connectivity index (χ3n) is 2.57. The van der Waals surface area contributed by atoms with E-state index < -0.39 is 0 Å². The van der Waals surface area contributed by atoms with Crippen LogP contribution in [-0.2, 0) is 4.74 Å². The summed E-state index contributed by atoms with van der Waals surface area (Å²) in [6.45, 7) is 4.73. The van der Waals surface area contributed by atoms with Crippen LogP contribution in [0, 0.1) is 5.92 Å². The van der Waals surface area contributed by atoms with E-state index in [1.807, 2.05) is 7.05 Å². The van der Waals surface area contributed by atoms with Gasteiger partial charge in [-0.1, -0.05) is 6.92 Å². The van der Waals surface area contributed by atoms with Crippen LogP contribution >= 0.6 is 0 Å². The molecule has 64 valence electrons. The molecule has 11 heavy (non-hydrogen) atoms. The molecule has 0 radical (unpaired) electrons. The molecule has 2 rings (SSSR count). The van der Waals surface area contributed by atoms with Gasteiger partial charge in [0.05, 0.1) is 0 Å². The second kappa shape index (κ2) is 2.73. The van der Waals surface area contributed by atoms with Crippen molar-refractivity contribution in [2.45, 2.75) is 25.8 Å². The average Bonchev–Trinajstić information content (AvgIpc) is 2.68. The highest BCUT2D eigenvalue weighted by molar-refractivity contribution is 4.86. The van der Waals surface area contributed by atoms with Crippen molar-refractivity contribution in [2.75, 3.05) is 20.1 Å². The van der Waals surface area contributed by atoms with Crippen molar-refractivity contribution in [3.63, 3.8) is 0 Å². The minimum atomic E-state index is 0.306. The molecular weight excluding hydrogens is 140 g/mol. The zero-order chi connectivity index (χ0) is 7.84. The zero-order valence-electron chi connectivity index (χ0n) is 7.21. The first-order chi connectivity index (χ1) is 5.31. The van der Waals surface area contributed by atoms with E-state index in [2.05, 4.69) is 17.1 Å². The molecule has 3 heteroatoms. The number of ether oxygens (including phenoxy) is 1. The van der Waals surface area contributed by atoms with Crippen LogP contribution in [0.4, 0.5) is 0 Å². The molecule has 0 aliphatic carbocycles. The monoisotopic (exact) mass is 156 g/mol. The minimum Gasteiger partial charge on any atom is -0.337 e. The van der Waals surface area contributed by atoms with Crippen molar-refractivity contribution in [1.82, 2.24) is 10.2 Å². The number of likely N-dealkylation sites (tertiary alicyclic amines) is 1. The molecule has 2 aliphatic rings. The predicted molar refractivity (Wildman–Crippen MR) is 43.1 cm³/mol. The highest BCUT2D eigenvalue weighted by Gasteiger charge is 2.44. The standard InChI is InChI=1S/C8H16N2O/c1-6-3-4-10(5-6)8-7(9-2)11-8/h6-9H,3-5H2,1-2H3. The molecule has 1 N–H and O–H groups in total. The second-order valence-corrected chi connectivity index (χ2v) is 3.62. The van der Waals surface area contributed by atoms with Gasteiger partial charge < -0.3 is 4.74 Å². The van der Waals surface area contributed by atoms with Crippen LogP contribution in [0.1, 0.15) is 13.3 Å². The maximum Gasteiger partial charge on any atom is 0.152 e. The summed E-state index contributed by atoms with van der Waals surface area (Å²) in [5.74, 6) is 0.858. The first kappa shape index (κ1) is 7.53. The van der Waals surface area contributed by atoms with E-state index in [1.54, 1.807) is 0 Å². The summed E-state index contributed by atoms with van der Waals surface area (Å²) in [4.78, 5) is 2.42. The Bertz CT molecular complexity index is 151. The van der Waals surface area contributed by atoms with Crippen LogP contribution < -0.4 is 5.32 Å². The van der Waals surface area contributed by atoms with Crippen molar-refractivity contribution in [3.8, 4) is 0 Å². The van der Waals surface area contributed by atoms with Gasteiger partial charge in [-0.25, -0.2) is 0 Å². The van der Waals surface area contributed by atoms with Crippen molar-refractivity contribution in [2.24, 2.45) is 5.92 Å². The molecular formula is C8H16N2O. The summed E-state index contributed by atoms with van der Waals surface area (Å²) in [7, 11) is 1.95. The summed E-state index contributed by atoms with van der Waals surface area (Å²) in [6.07, 6.45) is 2.02. The third kappa shape index (κ3) is 1.41.